The first-order valence-electron chi connectivity index (χ1n) is 10.5. The molecule has 1 saturated heterocycles. The van der Waals surface area contributed by atoms with Crippen LogP contribution in [0.3, 0.4) is 0 Å². The van der Waals surface area contributed by atoms with E-state index in [0.717, 1.165) is 48.4 Å². The molecule has 0 saturated carbocycles. The number of hydrogen-bond donors (Lipinski definition) is 2. The Balaban J connectivity index is 1.49. The molecule has 0 spiro atoms. The number of carbonyl (C=O) groups is 1. The van der Waals surface area contributed by atoms with Gasteiger partial charge in [-0.1, -0.05) is 24.3 Å². The lowest BCUT2D eigenvalue weighted by atomic mass is 10.0. The van der Waals surface area contributed by atoms with E-state index in [0.29, 0.717) is 17.6 Å². The maximum absolute atomic E-state index is 12.1. The van der Waals surface area contributed by atoms with Crippen molar-refractivity contribution in [2.45, 2.75) is 38.6 Å². The van der Waals surface area contributed by atoms with Crippen LogP contribution in [0.15, 0.2) is 42.9 Å². The Morgan fingerprint density at radius 2 is 2.03 bits per heavy atom. The van der Waals surface area contributed by atoms with E-state index in [9.17, 15) is 4.79 Å². The maximum atomic E-state index is 12.1. The summed E-state index contributed by atoms with van der Waals surface area (Å²) in [5.74, 6) is 0.472. The monoisotopic (exact) mass is 415 g/mol. The summed E-state index contributed by atoms with van der Waals surface area (Å²) in [5.41, 5.74) is 4.12. The first-order valence-corrected chi connectivity index (χ1v) is 10.5. The standard InChI is InChI=1S/C23H25N7O/c1-16-13-26-23(28-19-14-27-30(15-19)20-8-11-25-12-9-20)29-22(16)18-6-4-17(5-7-18)21(31)3-2-10-24/h4-7,13-15,20,25H,2-3,8-9,11-12H2,1H3,(H,26,28,29). The van der Waals surface area contributed by atoms with Crippen molar-refractivity contribution in [3.8, 4) is 17.3 Å². The number of ketones is 1. The molecule has 0 amide bonds. The zero-order chi connectivity index (χ0) is 21.6. The third-order valence-corrected chi connectivity index (χ3v) is 5.46. The molecule has 4 rings (SSSR count). The van der Waals surface area contributed by atoms with Crippen molar-refractivity contribution in [2.75, 3.05) is 18.4 Å². The molecule has 31 heavy (non-hydrogen) atoms. The fourth-order valence-corrected chi connectivity index (χ4v) is 3.72. The molecule has 1 aliphatic heterocycles. The fraction of sp³-hybridized carbons (Fsp3) is 0.348. The van der Waals surface area contributed by atoms with Gasteiger partial charge < -0.3 is 10.6 Å². The van der Waals surface area contributed by atoms with Crippen LogP contribution < -0.4 is 10.6 Å². The zero-order valence-electron chi connectivity index (χ0n) is 17.5. The number of aromatic nitrogens is 4. The smallest absolute Gasteiger partial charge is 0.227 e. The highest BCUT2D eigenvalue weighted by Gasteiger charge is 2.16. The first kappa shape index (κ1) is 20.7. The van der Waals surface area contributed by atoms with Gasteiger partial charge in [0.2, 0.25) is 5.95 Å². The van der Waals surface area contributed by atoms with Crippen LogP contribution in [-0.4, -0.2) is 38.6 Å². The molecule has 1 aliphatic rings. The van der Waals surface area contributed by atoms with Gasteiger partial charge in [0.05, 0.1) is 29.7 Å². The number of benzene rings is 1. The van der Waals surface area contributed by atoms with E-state index in [1.807, 2.05) is 36.0 Å². The minimum atomic E-state index is -0.0272. The number of Topliss-reactive ketones (excluding diaryl/α,β-unsaturated/α-hetero) is 1. The van der Waals surface area contributed by atoms with E-state index in [1.165, 1.54) is 0 Å². The van der Waals surface area contributed by atoms with Gasteiger partial charge in [-0.15, -0.1) is 0 Å². The van der Waals surface area contributed by atoms with Crippen LogP contribution in [0.25, 0.3) is 11.3 Å². The Kier molecular flexibility index (Phi) is 6.34. The second-order valence-corrected chi connectivity index (χ2v) is 7.70. The van der Waals surface area contributed by atoms with Crippen molar-refractivity contribution in [3.63, 3.8) is 0 Å². The van der Waals surface area contributed by atoms with Gasteiger partial charge in [-0.3, -0.25) is 9.48 Å². The molecule has 8 nitrogen and oxygen atoms in total. The number of nitrogens with zero attached hydrogens (tertiary/aromatic N) is 5. The van der Waals surface area contributed by atoms with Gasteiger partial charge in [-0.05, 0) is 38.4 Å². The summed E-state index contributed by atoms with van der Waals surface area (Å²) >= 11 is 0. The average Bonchev–Trinajstić information content (AvgIpc) is 3.28. The van der Waals surface area contributed by atoms with Crippen LogP contribution in [0.1, 0.15) is 47.6 Å². The molecule has 1 aromatic carbocycles. The van der Waals surface area contributed by atoms with Crippen LogP contribution in [0.5, 0.6) is 0 Å². The van der Waals surface area contributed by atoms with E-state index < -0.39 is 0 Å². The average molecular weight is 416 g/mol. The summed E-state index contributed by atoms with van der Waals surface area (Å²) in [6.07, 6.45) is 8.19. The molecule has 0 unspecified atom stereocenters. The molecule has 0 bridgehead atoms. The van der Waals surface area contributed by atoms with Gasteiger partial charge in [0.1, 0.15) is 0 Å². The molecule has 1 fully saturated rings. The summed E-state index contributed by atoms with van der Waals surface area (Å²) in [5, 5.41) is 19.8. The Bertz CT molecular complexity index is 1090. The van der Waals surface area contributed by atoms with E-state index in [2.05, 4.69) is 25.7 Å². The van der Waals surface area contributed by atoms with Crippen LogP contribution in [0, 0.1) is 18.3 Å². The van der Waals surface area contributed by atoms with Gasteiger partial charge in [0, 0.05) is 36.4 Å². The summed E-state index contributed by atoms with van der Waals surface area (Å²) in [7, 11) is 0. The topological polar surface area (TPSA) is 109 Å². The van der Waals surface area contributed by atoms with Crippen molar-refractivity contribution in [1.29, 1.82) is 5.26 Å². The fourth-order valence-electron chi connectivity index (χ4n) is 3.72. The highest BCUT2D eigenvalue weighted by Crippen LogP contribution is 2.25. The van der Waals surface area contributed by atoms with Crippen LogP contribution in [-0.2, 0) is 0 Å². The van der Waals surface area contributed by atoms with Crippen molar-refractivity contribution in [3.05, 3.63) is 54.0 Å². The molecule has 3 aromatic rings. The molecular formula is C23H25N7O. The molecule has 158 valence electrons. The van der Waals surface area contributed by atoms with Crippen molar-refractivity contribution in [1.82, 2.24) is 25.1 Å². The number of aryl methyl sites for hydroxylation is 1. The van der Waals surface area contributed by atoms with Gasteiger partial charge in [-0.25, -0.2) is 9.97 Å². The minimum absolute atomic E-state index is 0.0272. The quantitative estimate of drug-likeness (QED) is 0.565. The summed E-state index contributed by atoms with van der Waals surface area (Å²) in [6.45, 7) is 3.99. The zero-order valence-corrected chi connectivity index (χ0v) is 17.5. The molecule has 3 heterocycles. The summed E-state index contributed by atoms with van der Waals surface area (Å²) in [6, 6.07) is 9.76. The van der Waals surface area contributed by atoms with Crippen molar-refractivity contribution in [2.24, 2.45) is 0 Å². The van der Waals surface area contributed by atoms with E-state index in [4.69, 9.17) is 5.26 Å². The second kappa shape index (κ2) is 9.49. The number of carbonyl (C=O) groups excluding carboxylic acids is 1. The predicted octanol–water partition coefficient (Wildman–Crippen LogP) is 3.80. The summed E-state index contributed by atoms with van der Waals surface area (Å²) in [4.78, 5) is 21.2. The highest BCUT2D eigenvalue weighted by atomic mass is 16.1. The van der Waals surface area contributed by atoms with Crippen LogP contribution in [0.2, 0.25) is 0 Å². The molecule has 2 aromatic heterocycles. The van der Waals surface area contributed by atoms with E-state index >= 15 is 0 Å². The SMILES string of the molecule is Cc1cnc(Nc2cnn(C3CCNCC3)c2)nc1-c1ccc(C(=O)CCC#N)cc1. The highest BCUT2D eigenvalue weighted by molar-refractivity contribution is 5.96. The maximum Gasteiger partial charge on any atom is 0.227 e. The second-order valence-electron chi connectivity index (χ2n) is 7.70. The Morgan fingerprint density at radius 1 is 1.26 bits per heavy atom. The van der Waals surface area contributed by atoms with Gasteiger partial charge in [0.25, 0.3) is 0 Å². The minimum Gasteiger partial charge on any atom is -0.321 e. The lowest BCUT2D eigenvalue weighted by molar-refractivity contribution is 0.0984. The molecule has 0 radical (unpaired) electrons. The third-order valence-electron chi connectivity index (χ3n) is 5.46. The first-order chi connectivity index (χ1) is 15.1. The Labute approximate surface area is 181 Å². The third kappa shape index (κ3) is 4.95. The number of hydrogen-bond acceptors (Lipinski definition) is 7. The van der Waals surface area contributed by atoms with Crippen LogP contribution in [0.4, 0.5) is 11.6 Å². The van der Waals surface area contributed by atoms with Gasteiger partial charge in [0.15, 0.2) is 5.78 Å². The Hall–Kier alpha value is -3.57. The molecule has 8 heteroatoms. The number of rotatable bonds is 7. The number of nitriles is 1. The lowest BCUT2D eigenvalue weighted by Crippen LogP contribution is -2.29. The molecule has 0 atom stereocenters. The van der Waals surface area contributed by atoms with Gasteiger partial charge in [-0.2, -0.15) is 10.4 Å². The van der Waals surface area contributed by atoms with Crippen LogP contribution >= 0.6 is 0 Å². The number of piperidine rings is 1. The van der Waals surface area contributed by atoms with Crippen molar-refractivity contribution < 1.29 is 4.79 Å². The van der Waals surface area contributed by atoms with E-state index in [1.54, 1.807) is 24.5 Å². The number of nitrogens with one attached hydrogen (secondary N) is 2. The normalized spacial score (nSPS) is 14.2. The molecule has 2 N–H and O–H groups in total. The van der Waals surface area contributed by atoms with Crippen molar-refractivity contribution >= 4 is 17.4 Å². The van der Waals surface area contributed by atoms with E-state index in [-0.39, 0.29) is 18.6 Å². The Morgan fingerprint density at radius 3 is 2.77 bits per heavy atom. The molecular weight excluding hydrogens is 390 g/mol. The lowest BCUT2D eigenvalue weighted by Gasteiger charge is -2.22. The summed E-state index contributed by atoms with van der Waals surface area (Å²) < 4.78 is 2.01. The predicted molar refractivity (Wildman–Crippen MR) is 118 cm³/mol. The molecule has 0 aliphatic carbocycles. The van der Waals surface area contributed by atoms with Gasteiger partial charge >= 0.3 is 0 Å². The number of anilines is 2. The largest absolute Gasteiger partial charge is 0.321 e.